The maximum Gasteiger partial charge on any atom is 0.326 e. The van der Waals surface area contributed by atoms with Crippen LogP contribution in [0, 0.1) is 0 Å². The maximum absolute atomic E-state index is 11.9. The molecule has 1 saturated heterocycles. The predicted molar refractivity (Wildman–Crippen MR) is 82.7 cm³/mol. The lowest BCUT2D eigenvalue weighted by Crippen LogP contribution is -2.51. The van der Waals surface area contributed by atoms with E-state index in [1.54, 1.807) is 0 Å². The smallest absolute Gasteiger partial charge is 0.326 e. The lowest BCUT2D eigenvalue weighted by atomic mass is 10.1. The molecule has 22 heavy (non-hydrogen) atoms. The van der Waals surface area contributed by atoms with Gasteiger partial charge in [0.05, 0.1) is 6.54 Å². The highest BCUT2D eigenvalue weighted by Crippen LogP contribution is 2.03. The molecule has 0 unspecified atom stereocenters. The van der Waals surface area contributed by atoms with Crippen molar-refractivity contribution < 1.29 is 19.5 Å². The Labute approximate surface area is 131 Å². The van der Waals surface area contributed by atoms with Crippen molar-refractivity contribution >= 4 is 17.7 Å². The predicted octanol–water partition coefficient (Wildman–Crippen LogP) is -0.0474. The van der Waals surface area contributed by atoms with Crippen molar-refractivity contribution in [3.05, 3.63) is 0 Å². The number of unbranched alkanes of at least 4 members (excludes halogenated alkanes) is 1. The van der Waals surface area contributed by atoms with Crippen LogP contribution in [0.15, 0.2) is 0 Å². The Morgan fingerprint density at radius 1 is 1.14 bits per heavy atom. The van der Waals surface area contributed by atoms with Crippen molar-refractivity contribution in [3.63, 3.8) is 0 Å². The average molecular weight is 313 g/mol. The summed E-state index contributed by atoms with van der Waals surface area (Å²) >= 11 is 0. The quantitative estimate of drug-likeness (QED) is 0.620. The Bertz CT molecular complexity index is 392. The van der Waals surface area contributed by atoms with Gasteiger partial charge >= 0.3 is 5.97 Å². The lowest BCUT2D eigenvalue weighted by molar-refractivity contribution is -0.143. The van der Waals surface area contributed by atoms with Crippen LogP contribution < -0.4 is 5.32 Å². The van der Waals surface area contributed by atoms with Gasteiger partial charge in [-0.3, -0.25) is 14.5 Å². The molecule has 1 fully saturated rings. The monoisotopic (exact) mass is 313 g/mol. The molecule has 0 saturated carbocycles. The maximum atomic E-state index is 11.9. The minimum Gasteiger partial charge on any atom is -0.480 e. The van der Waals surface area contributed by atoms with E-state index in [1.165, 1.54) is 19.8 Å². The number of carbonyl (C=O) groups excluding carboxylic acids is 2. The molecule has 1 aliphatic rings. The number of carboxylic acids is 1. The first kappa shape index (κ1) is 18.6. The molecule has 126 valence electrons. The first-order valence-corrected chi connectivity index (χ1v) is 7.88. The fraction of sp³-hybridized carbons (Fsp3) is 0.800. The molecule has 1 amide bonds. The average Bonchev–Trinajstić information content (AvgIpc) is 2.45. The van der Waals surface area contributed by atoms with Crippen LogP contribution in [-0.4, -0.2) is 77.9 Å². The molecule has 1 heterocycles. The summed E-state index contributed by atoms with van der Waals surface area (Å²) in [5.41, 5.74) is 0. The van der Waals surface area contributed by atoms with Crippen LogP contribution in [-0.2, 0) is 14.4 Å². The number of carboxylic acid groups (broad SMARTS) is 1. The third kappa shape index (κ3) is 7.00. The fourth-order valence-electron chi connectivity index (χ4n) is 2.48. The molecule has 1 rings (SSSR count). The van der Waals surface area contributed by atoms with Crippen molar-refractivity contribution in [3.8, 4) is 0 Å². The summed E-state index contributed by atoms with van der Waals surface area (Å²) < 4.78 is 0. The highest BCUT2D eigenvalue weighted by atomic mass is 16.4. The molecule has 0 radical (unpaired) electrons. The van der Waals surface area contributed by atoms with Gasteiger partial charge in [-0.2, -0.15) is 0 Å². The molecule has 0 aromatic carbocycles. The van der Waals surface area contributed by atoms with E-state index in [4.69, 9.17) is 5.11 Å². The summed E-state index contributed by atoms with van der Waals surface area (Å²) in [6, 6.07) is -1.13. The van der Waals surface area contributed by atoms with Crippen LogP contribution in [0.5, 0.6) is 0 Å². The molecule has 0 bridgehead atoms. The van der Waals surface area contributed by atoms with Gasteiger partial charge in [0.2, 0.25) is 5.91 Å². The normalized spacial score (nSPS) is 17.9. The van der Waals surface area contributed by atoms with Crippen LogP contribution in [0.1, 0.15) is 33.1 Å². The number of nitrogens with zero attached hydrogens (tertiary/aromatic N) is 2. The zero-order chi connectivity index (χ0) is 16.5. The lowest BCUT2D eigenvalue weighted by Gasteiger charge is -2.34. The molecule has 0 aromatic heterocycles. The summed E-state index contributed by atoms with van der Waals surface area (Å²) in [5.74, 6) is -1.76. The summed E-state index contributed by atoms with van der Waals surface area (Å²) in [7, 11) is 0. The number of hydrogen-bond acceptors (Lipinski definition) is 5. The number of ketones is 1. The van der Waals surface area contributed by atoms with Gasteiger partial charge in [-0.25, -0.2) is 4.79 Å². The van der Waals surface area contributed by atoms with Crippen LogP contribution in [0.2, 0.25) is 0 Å². The first-order chi connectivity index (χ1) is 10.4. The number of hydrogen-bond donors (Lipinski definition) is 2. The Balaban J connectivity index is 2.33. The number of rotatable bonds is 9. The number of amides is 1. The summed E-state index contributed by atoms with van der Waals surface area (Å²) in [6.07, 6.45) is 2.19. The van der Waals surface area contributed by atoms with Gasteiger partial charge < -0.3 is 15.3 Å². The van der Waals surface area contributed by atoms with Gasteiger partial charge in [-0.05, 0) is 19.9 Å². The topological polar surface area (TPSA) is 90.0 Å². The largest absolute Gasteiger partial charge is 0.480 e. The molecule has 0 aromatic rings. The van der Waals surface area contributed by atoms with Crippen LogP contribution in [0.3, 0.4) is 0 Å². The van der Waals surface area contributed by atoms with Gasteiger partial charge in [0.25, 0.3) is 0 Å². The summed E-state index contributed by atoms with van der Waals surface area (Å²) in [6.45, 7) is 8.24. The van der Waals surface area contributed by atoms with E-state index in [0.29, 0.717) is 0 Å². The van der Waals surface area contributed by atoms with E-state index >= 15 is 0 Å². The second-order valence-electron chi connectivity index (χ2n) is 5.84. The summed E-state index contributed by atoms with van der Waals surface area (Å²) in [4.78, 5) is 38.4. The van der Waals surface area contributed by atoms with E-state index in [9.17, 15) is 14.4 Å². The second-order valence-corrected chi connectivity index (χ2v) is 5.84. The minimum absolute atomic E-state index is 0.175. The molecular formula is C15H27N3O4. The van der Waals surface area contributed by atoms with E-state index < -0.39 is 12.0 Å². The highest BCUT2D eigenvalue weighted by Gasteiger charge is 2.24. The number of carbonyl (C=O) groups is 3. The number of aliphatic carboxylic acids is 1. The summed E-state index contributed by atoms with van der Waals surface area (Å²) in [5, 5.41) is 11.4. The standard InChI is InChI=1S/C15H27N3O4/c1-3-4-5-17-6-8-18(9-7-17)11-14(20)16-13(15(21)22)10-12(2)19/h13H,3-11H2,1-2H3,(H,16,20)(H,21,22)/t13-/m0/s1. The Morgan fingerprint density at radius 3 is 2.23 bits per heavy atom. The van der Waals surface area contributed by atoms with Gasteiger partial charge in [0, 0.05) is 32.6 Å². The van der Waals surface area contributed by atoms with Crippen LogP contribution >= 0.6 is 0 Å². The van der Waals surface area contributed by atoms with Gasteiger partial charge in [-0.15, -0.1) is 0 Å². The van der Waals surface area contributed by atoms with Gasteiger partial charge in [-0.1, -0.05) is 13.3 Å². The van der Waals surface area contributed by atoms with E-state index in [-0.39, 0.29) is 24.7 Å². The molecule has 7 nitrogen and oxygen atoms in total. The zero-order valence-corrected chi connectivity index (χ0v) is 13.5. The zero-order valence-electron chi connectivity index (χ0n) is 13.5. The van der Waals surface area contributed by atoms with Gasteiger partial charge in [0.1, 0.15) is 11.8 Å². The van der Waals surface area contributed by atoms with Crippen LogP contribution in [0.25, 0.3) is 0 Å². The van der Waals surface area contributed by atoms with E-state index in [0.717, 1.165) is 32.7 Å². The third-order valence-electron chi connectivity index (χ3n) is 3.78. The SMILES string of the molecule is CCCCN1CCN(CC(=O)N[C@@H](CC(C)=O)C(=O)O)CC1. The fourth-order valence-corrected chi connectivity index (χ4v) is 2.48. The second kappa shape index (κ2) is 9.53. The molecule has 1 atom stereocenters. The number of Topliss-reactive ketones (excluding diaryl/α,β-unsaturated/α-hetero) is 1. The Hall–Kier alpha value is -1.47. The van der Waals surface area contributed by atoms with Crippen molar-refractivity contribution in [1.29, 1.82) is 0 Å². The molecule has 1 aliphatic heterocycles. The third-order valence-corrected chi connectivity index (χ3v) is 3.78. The van der Waals surface area contributed by atoms with E-state index in [2.05, 4.69) is 17.1 Å². The van der Waals surface area contributed by atoms with Crippen molar-refractivity contribution in [2.45, 2.75) is 39.2 Å². The number of nitrogens with one attached hydrogen (secondary N) is 1. The minimum atomic E-state index is -1.17. The van der Waals surface area contributed by atoms with Crippen molar-refractivity contribution in [1.82, 2.24) is 15.1 Å². The van der Waals surface area contributed by atoms with Gasteiger partial charge in [0.15, 0.2) is 0 Å². The van der Waals surface area contributed by atoms with Crippen LogP contribution in [0.4, 0.5) is 0 Å². The first-order valence-electron chi connectivity index (χ1n) is 7.88. The molecule has 7 heteroatoms. The molecule has 2 N–H and O–H groups in total. The molecule has 0 spiro atoms. The Morgan fingerprint density at radius 2 is 1.73 bits per heavy atom. The molecular weight excluding hydrogens is 286 g/mol. The number of piperazine rings is 1. The van der Waals surface area contributed by atoms with Crippen molar-refractivity contribution in [2.24, 2.45) is 0 Å². The van der Waals surface area contributed by atoms with E-state index in [1.807, 2.05) is 4.90 Å². The van der Waals surface area contributed by atoms with Crippen molar-refractivity contribution in [2.75, 3.05) is 39.3 Å². The Kier molecular flexibility index (Phi) is 8.05. The molecule has 0 aliphatic carbocycles. The highest BCUT2D eigenvalue weighted by molar-refractivity contribution is 5.89.